The number of hydrogen-bond donors (Lipinski definition) is 1. The third-order valence-corrected chi connectivity index (χ3v) is 4.94. The summed E-state index contributed by atoms with van der Waals surface area (Å²) in [6.45, 7) is 6.41. The van der Waals surface area contributed by atoms with Crippen LogP contribution in [0.5, 0.6) is 0 Å². The third kappa shape index (κ3) is 5.06. The third-order valence-electron chi connectivity index (χ3n) is 4.58. The van der Waals surface area contributed by atoms with E-state index in [1.807, 2.05) is 0 Å². The van der Waals surface area contributed by atoms with E-state index >= 15 is 0 Å². The number of halogens is 3. The first-order valence-electron chi connectivity index (χ1n) is 8.68. The molecule has 2 saturated heterocycles. The molecule has 0 spiro atoms. The highest BCUT2D eigenvalue weighted by molar-refractivity contribution is 7.80. The molecular formula is C17H23F3N4OS. The topological polar surface area (TPSA) is 31.0 Å². The minimum atomic E-state index is -4.36. The lowest BCUT2D eigenvalue weighted by molar-refractivity contribution is -0.137. The maximum atomic E-state index is 13.0. The quantitative estimate of drug-likeness (QED) is 0.780. The molecule has 2 aliphatic heterocycles. The van der Waals surface area contributed by atoms with Gasteiger partial charge in [0.1, 0.15) is 0 Å². The van der Waals surface area contributed by atoms with E-state index in [1.165, 1.54) is 6.07 Å². The molecule has 0 amide bonds. The second-order valence-corrected chi connectivity index (χ2v) is 6.85. The van der Waals surface area contributed by atoms with Crippen molar-refractivity contribution in [2.75, 3.05) is 57.6 Å². The molecule has 1 aromatic carbocycles. The molecule has 0 aliphatic carbocycles. The predicted octanol–water partition coefficient (Wildman–Crippen LogP) is 2.34. The van der Waals surface area contributed by atoms with Gasteiger partial charge in [0.25, 0.3) is 0 Å². The minimum Gasteiger partial charge on any atom is -0.379 e. The van der Waals surface area contributed by atoms with Crippen molar-refractivity contribution in [2.45, 2.75) is 12.6 Å². The van der Waals surface area contributed by atoms with Crippen LogP contribution in [0.2, 0.25) is 0 Å². The molecule has 26 heavy (non-hydrogen) atoms. The largest absolute Gasteiger partial charge is 0.416 e. The Bertz CT molecular complexity index is 622. The lowest BCUT2D eigenvalue weighted by atomic mass is 10.2. The molecule has 0 saturated carbocycles. The molecule has 0 atom stereocenters. The van der Waals surface area contributed by atoms with Crippen LogP contribution in [0.3, 0.4) is 0 Å². The van der Waals surface area contributed by atoms with Gasteiger partial charge < -0.3 is 15.0 Å². The highest BCUT2D eigenvalue weighted by atomic mass is 32.1. The monoisotopic (exact) mass is 388 g/mol. The van der Waals surface area contributed by atoms with E-state index in [9.17, 15) is 13.2 Å². The molecule has 0 bridgehead atoms. The Morgan fingerprint density at radius 3 is 2.58 bits per heavy atom. The molecule has 1 aromatic rings. The van der Waals surface area contributed by atoms with Gasteiger partial charge in [0, 0.05) is 25.3 Å². The van der Waals surface area contributed by atoms with Crippen molar-refractivity contribution >= 4 is 23.0 Å². The van der Waals surface area contributed by atoms with Gasteiger partial charge in [0.2, 0.25) is 0 Å². The summed E-state index contributed by atoms with van der Waals surface area (Å²) < 4.78 is 44.2. The van der Waals surface area contributed by atoms with Crippen LogP contribution in [0.15, 0.2) is 24.3 Å². The van der Waals surface area contributed by atoms with Crippen LogP contribution in [0.1, 0.15) is 12.0 Å². The fourth-order valence-corrected chi connectivity index (χ4v) is 3.36. The zero-order valence-corrected chi connectivity index (χ0v) is 15.3. The smallest absolute Gasteiger partial charge is 0.379 e. The van der Waals surface area contributed by atoms with Crippen molar-refractivity contribution in [3.63, 3.8) is 0 Å². The van der Waals surface area contributed by atoms with Gasteiger partial charge in [-0.1, -0.05) is 6.07 Å². The zero-order chi connectivity index (χ0) is 18.6. The van der Waals surface area contributed by atoms with E-state index in [-0.39, 0.29) is 0 Å². The van der Waals surface area contributed by atoms with E-state index in [1.54, 1.807) is 11.0 Å². The van der Waals surface area contributed by atoms with Gasteiger partial charge >= 0.3 is 6.18 Å². The fourth-order valence-electron chi connectivity index (χ4n) is 3.13. The van der Waals surface area contributed by atoms with E-state index < -0.39 is 11.7 Å². The summed E-state index contributed by atoms with van der Waals surface area (Å²) in [5, 5.41) is 3.55. The Hall–Kier alpha value is -1.42. The van der Waals surface area contributed by atoms with Gasteiger partial charge in [-0.2, -0.15) is 13.2 Å². The highest BCUT2D eigenvalue weighted by Crippen LogP contribution is 2.32. The molecule has 1 N–H and O–H groups in total. The van der Waals surface area contributed by atoms with Crippen LogP contribution >= 0.6 is 12.2 Å². The Kier molecular flexibility index (Phi) is 6.33. The number of rotatable bonds is 5. The van der Waals surface area contributed by atoms with Crippen molar-refractivity contribution < 1.29 is 17.9 Å². The Morgan fingerprint density at radius 1 is 1.12 bits per heavy atom. The summed E-state index contributed by atoms with van der Waals surface area (Å²) in [5.41, 5.74) is -0.211. The summed E-state index contributed by atoms with van der Waals surface area (Å²) in [6.07, 6.45) is -3.37. The van der Waals surface area contributed by atoms with Crippen molar-refractivity contribution in [3.05, 3.63) is 29.8 Å². The predicted molar refractivity (Wildman–Crippen MR) is 98.0 cm³/mol. The number of ether oxygens (including phenoxy) is 1. The number of nitrogens with one attached hydrogen (secondary N) is 1. The maximum Gasteiger partial charge on any atom is 0.416 e. The molecule has 2 heterocycles. The molecule has 0 aromatic heterocycles. The Labute approximate surface area is 156 Å². The van der Waals surface area contributed by atoms with Crippen molar-refractivity contribution in [1.29, 1.82) is 0 Å². The fraction of sp³-hybridized carbons (Fsp3) is 0.588. The van der Waals surface area contributed by atoms with Gasteiger partial charge in [0.15, 0.2) is 5.11 Å². The lowest BCUT2D eigenvalue weighted by Crippen LogP contribution is -2.56. The summed E-state index contributed by atoms with van der Waals surface area (Å²) >= 11 is 5.30. The van der Waals surface area contributed by atoms with Crippen LogP contribution in [0.25, 0.3) is 0 Å². The number of anilines is 1. The summed E-state index contributed by atoms with van der Waals surface area (Å²) in [5.74, 6) is 0. The molecule has 3 rings (SSSR count). The van der Waals surface area contributed by atoms with Crippen molar-refractivity contribution in [3.8, 4) is 0 Å². The zero-order valence-electron chi connectivity index (χ0n) is 14.5. The summed E-state index contributed by atoms with van der Waals surface area (Å²) in [7, 11) is 0. The average Bonchev–Trinajstić information content (AvgIpc) is 2.63. The molecule has 2 aliphatic rings. The standard InChI is InChI=1S/C17H23F3N4OS/c18-17(19,20)14-3-1-4-15(11-14)24-13-23(12-21-16(24)26)6-2-5-22-7-9-25-10-8-22/h1,3-4,11H,2,5-10,12-13H2,(H,21,26). The number of alkyl halides is 3. The van der Waals surface area contributed by atoms with Gasteiger partial charge in [-0.3, -0.25) is 9.80 Å². The summed E-state index contributed by atoms with van der Waals surface area (Å²) in [6, 6.07) is 5.29. The van der Waals surface area contributed by atoms with Gasteiger partial charge in [-0.15, -0.1) is 0 Å². The highest BCUT2D eigenvalue weighted by Gasteiger charge is 2.31. The second-order valence-electron chi connectivity index (χ2n) is 6.46. The van der Waals surface area contributed by atoms with E-state index in [2.05, 4.69) is 15.1 Å². The SMILES string of the molecule is FC(F)(F)c1cccc(N2CN(CCCN3CCOCC3)CNC2=S)c1. The first-order chi connectivity index (χ1) is 12.4. The van der Waals surface area contributed by atoms with Crippen LogP contribution < -0.4 is 10.2 Å². The van der Waals surface area contributed by atoms with Gasteiger partial charge in [0.05, 0.1) is 32.1 Å². The second kappa shape index (κ2) is 8.51. The number of morpholine rings is 1. The van der Waals surface area contributed by atoms with Crippen molar-refractivity contribution in [1.82, 2.24) is 15.1 Å². The van der Waals surface area contributed by atoms with Gasteiger partial charge in [-0.25, -0.2) is 0 Å². The van der Waals surface area contributed by atoms with E-state index in [0.29, 0.717) is 24.1 Å². The Morgan fingerprint density at radius 2 is 1.85 bits per heavy atom. The van der Waals surface area contributed by atoms with Gasteiger partial charge in [-0.05, 0) is 43.4 Å². The first kappa shape index (κ1) is 19.3. The molecule has 9 heteroatoms. The molecule has 5 nitrogen and oxygen atoms in total. The number of nitrogens with zero attached hydrogens (tertiary/aromatic N) is 3. The lowest BCUT2D eigenvalue weighted by Gasteiger charge is -2.38. The number of benzene rings is 1. The molecule has 0 unspecified atom stereocenters. The molecular weight excluding hydrogens is 365 g/mol. The average molecular weight is 388 g/mol. The van der Waals surface area contributed by atoms with Crippen molar-refractivity contribution in [2.24, 2.45) is 0 Å². The minimum absolute atomic E-state index is 0.453. The number of hydrogen-bond acceptors (Lipinski definition) is 4. The normalized spacial score (nSPS) is 20.3. The van der Waals surface area contributed by atoms with Crippen LogP contribution in [0.4, 0.5) is 18.9 Å². The maximum absolute atomic E-state index is 13.0. The first-order valence-corrected chi connectivity index (χ1v) is 9.09. The van der Waals surface area contributed by atoms with Crippen LogP contribution in [0, 0.1) is 0 Å². The summed E-state index contributed by atoms with van der Waals surface area (Å²) in [4.78, 5) is 6.23. The molecule has 144 valence electrons. The van der Waals surface area contributed by atoms with Crippen LogP contribution in [-0.4, -0.2) is 67.6 Å². The van der Waals surface area contributed by atoms with E-state index in [4.69, 9.17) is 17.0 Å². The molecule has 0 radical (unpaired) electrons. The number of thiocarbonyl (C=S) groups is 1. The van der Waals surface area contributed by atoms with Crippen LogP contribution in [-0.2, 0) is 10.9 Å². The molecule has 2 fully saturated rings. The van der Waals surface area contributed by atoms with E-state index in [0.717, 1.165) is 57.9 Å². The Balaban J connectivity index is 1.57.